The molecule has 0 spiro atoms. The molecule has 0 atom stereocenters. The largest absolute Gasteiger partial charge is 0.478 e. The number of pyridine rings is 1. The number of aliphatic carboxylic acids is 1. The molecule has 0 bridgehead atoms. The standard InChI is InChI=1S/C9H9NO3/c11-6-8-3-7(4-10-5-8)1-2-9(12)13/h1-5,11H,6H2,(H,12,13). The summed E-state index contributed by atoms with van der Waals surface area (Å²) in [5, 5.41) is 17.1. The minimum atomic E-state index is -1.01. The van der Waals surface area contributed by atoms with Gasteiger partial charge in [0.2, 0.25) is 0 Å². The van der Waals surface area contributed by atoms with Crippen molar-refractivity contribution in [1.82, 2.24) is 4.98 Å². The average molecular weight is 179 g/mol. The molecule has 0 aliphatic heterocycles. The van der Waals surface area contributed by atoms with E-state index < -0.39 is 5.97 Å². The minimum Gasteiger partial charge on any atom is -0.478 e. The SMILES string of the molecule is O=C(O)C=Cc1cncc(CO)c1. The van der Waals surface area contributed by atoms with Crippen LogP contribution in [-0.4, -0.2) is 21.2 Å². The molecule has 0 amide bonds. The van der Waals surface area contributed by atoms with Crippen molar-refractivity contribution in [2.24, 2.45) is 0 Å². The monoisotopic (exact) mass is 179 g/mol. The molecule has 0 unspecified atom stereocenters. The van der Waals surface area contributed by atoms with E-state index in [1.54, 1.807) is 6.07 Å². The lowest BCUT2D eigenvalue weighted by Crippen LogP contribution is -1.88. The van der Waals surface area contributed by atoms with E-state index in [0.29, 0.717) is 11.1 Å². The van der Waals surface area contributed by atoms with Crippen molar-refractivity contribution in [3.63, 3.8) is 0 Å². The number of aliphatic hydroxyl groups excluding tert-OH is 1. The summed E-state index contributed by atoms with van der Waals surface area (Å²) in [4.78, 5) is 14.0. The molecule has 0 aliphatic rings. The Morgan fingerprint density at radius 2 is 2.31 bits per heavy atom. The number of aliphatic hydroxyl groups is 1. The van der Waals surface area contributed by atoms with Gasteiger partial charge in [0.1, 0.15) is 0 Å². The highest BCUT2D eigenvalue weighted by atomic mass is 16.4. The summed E-state index contributed by atoms with van der Waals surface area (Å²) in [7, 11) is 0. The van der Waals surface area contributed by atoms with E-state index in [1.807, 2.05) is 0 Å². The van der Waals surface area contributed by atoms with Gasteiger partial charge in [-0.05, 0) is 23.3 Å². The maximum absolute atomic E-state index is 10.2. The lowest BCUT2D eigenvalue weighted by atomic mass is 10.2. The van der Waals surface area contributed by atoms with Gasteiger partial charge in [-0.1, -0.05) is 0 Å². The molecule has 0 saturated heterocycles. The van der Waals surface area contributed by atoms with Gasteiger partial charge in [-0.25, -0.2) is 4.79 Å². The Labute approximate surface area is 75.2 Å². The predicted molar refractivity (Wildman–Crippen MR) is 46.8 cm³/mol. The summed E-state index contributed by atoms with van der Waals surface area (Å²) in [6.07, 6.45) is 5.50. The van der Waals surface area contributed by atoms with Gasteiger partial charge < -0.3 is 10.2 Å². The molecule has 1 aromatic heterocycles. The molecule has 1 aromatic rings. The van der Waals surface area contributed by atoms with Crippen LogP contribution in [0.15, 0.2) is 24.5 Å². The van der Waals surface area contributed by atoms with Crippen LogP contribution in [0.5, 0.6) is 0 Å². The summed E-state index contributed by atoms with van der Waals surface area (Å²) >= 11 is 0. The molecule has 0 fully saturated rings. The zero-order valence-corrected chi connectivity index (χ0v) is 6.84. The number of nitrogens with zero attached hydrogens (tertiary/aromatic N) is 1. The Morgan fingerprint density at radius 1 is 1.54 bits per heavy atom. The van der Waals surface area contributed by atoms with Crippen molar-refractivity contribution in [1.29, 1.82) is 0 Å². The molecule has 2 N–H and O–H groups in total. The highest BCUT2D eigenvalue weighted by Gasteiger charge is 1.93. The smallest absolute Gasteiger partial charge is 0.328 e. The second-order valence-electron chi connectivity index (χ2n) is 2.46. The van der Waals surface area contributed by atoms with Gasteiger partial charge >= 0.3 is 5.97 Å². The number of carboxylic acids is 1. The lowest BCUT2D eigenvalue weighted by molar-refractivity contribution is -0.131. The second-order valence-corrected chi connectivity index (χ2v) is 2.46. The second kappa shape index (κ2) is 4.37. The third kappa shape index (κ3) is 3.04. The van der Waals surface area contributed by atoms with Crippen LogP contribution in [0.3, 0.4) is 0 Å². The maximum atomic E-state index is 10.2. The van der Waals surface area contributed by atoms with Crippen molar-refractivity contribution >= 4 is 12.0 Å². The van der Waals surface area contributed by atoms with Crippen molar-refractivity contribution in [2.45, 2.75) is 6.61 Å². The molecule has 68 valence electrons. The zero-order valence-electron chi connectivity index (χ0n) is 6.84. The summed E-state index contributed by atoms with van der Waals surface area (Å²) in [5.74, 6) is -1.01. The normalized spacial score (nSPS) is 10.5. The summed E-state index contributed by atoms with van der Waals surface area (Å²) in [5.41, 5.74) is 1.32. The fourth-order valence-corrected chi connectivity index (χ4v) is 0.853. The Bertz CT molecular complexity index is 333. The van der Waals surface area contributed by atoms with Crippen LogP contribution in [-0.2, 0) is 11.4 Å². The van der Waals surface area contributed by atoms with Crippen LogP contribution in [0.2, 0.25) is 0 Å². The molecule has 4 heteroatoms. The van der Waals surface area contributed by atoms with E-state index >= 15 is 0 Å². The molecule has 13 heavy (non-hydrogen) atoms. The van der Waals surface area contributed by atoms with Crippen LogP contribution in [0, 0.1) is 0 Å². The zero-order chi connectivity index (χ0) is 9.68. The first-order valence-corrected chi connectivity index (χ1v) is 3.68. The van der Waals surface area contributed by atoms with E-state index in [0.717, 1.165) is 6.08 Å². The van der Waals surface area contributed by atoms with Gasteiger partial charge in [0, 0.05) is 18.5 Å². The quantitative estimate of drug-likeness (QED) is 0.669. The first kappa shape index (κ1) is 9.41. The maximum Gasteiger partial charge on any atom is 0.328 e. The van der Waals surface area contributed by atoms with Crippen LogP contribution in [0.1, 0.15) is 11.1 Å². The molecule has 1 rings (SSSR count). The van der Waals surface area contributed by atoms with Gasteiger partial charge in [0.15, 0.2) is 0 Å². The average Bonchev–Trinajstić information content (AvgIpc) is 2.15. The van der Waals surface area contributed by atoms with Crippen molar-refractivity contribution in [3.8, 4) is 0 Å². The molecular weight excluding hydrogens is 170 g/mol. The third-order valence-corrected chi connectivity index (χ3v) is 1.42. The minimum absolute atomic E-state index is 0.0955. The Hall–Kier alpha value is -1.68. The van der Waals surface area contributed by atoms with E-state index in [4.69, 9.17) is 10.2 Å². The summed E-state index contributed by atoms with van der Waals surface area (Å²) < 4.78 is 0. The van der Waals surface area contributed by atoms with Crippen LogP contribution >= 0.6 is 0 Å². The molecular formula is C9H9NO3. The van der Waals surface area contributed by atoms with E-state index in [9.17, 15) is 4.79 Å². The molecule has 0 saturated carbocycles. The fraction of sp³-hybridized carbons (Fsp3) is 0.111. The number of hydrogen-bond donors (Lipinski definition) is 2. The van der Waals surface area contributed by atoms with Gasteiger partial charge in [-0.3, -0.25) is 4.98 Å². The van der Waals surface area contributed by atoms with Crippen LogP contribution < -0.4 is 0 Å². The Kier molecular flexibility index (Phi) is 3.16. The fourth-order valence-electron chi connectivity index (χ4n) is 0.853. The number of carbonyl (C=O) groups is 1. The highest BCUT2D eigenvalue weighted by molar-refractivity contribution is 5.85. The van der Waals surface area contributed by atoms with Crippen LogP contribution in [0.4, 0.5) is 0 Å². The topological polar surface area (TPSA) is 70.4 Å². The molecule has 0 aromatic carbocycles. The lowest BCUT2D eigenvalue weighted by Gasteiger charge is -1.95. The number of rotatable bonds is 3. The van der Waals surface area contributed by atoms with Gasteiger partial charge in [0.05, 0.1) is 6.61 Å². The predicted octanol–water partition coefficient (Wildman–Crippen LogP) is 0.672. The molecule has 1 heterocycles. The molecule has 4 nitrogen and oxygen atoms in total. The number of hydrogen-bond acceptors (Lipinski definition) is 3. The van der Waals surface area contributed by atoms with Crippen LogP contribution in [0.25, 0.3) is 6.08 Å². The van der Waals surface area contributed by atoms with Gasteiger partial charge in [-0.2, -0.15) is 0 Å². The Balaban J connectivity index is 2.83. The van der Waals surface area contributed by atoms with E-state index in [1.165, 1.54) is 18.5 Å². The Morgan fingerprint density at radius 3 is 2.92 bits per heavy atom. The van der Waals surface area contributed by atoms with E-state index in [-0.39, 0.29) is 6.61 Å². The first-order valence-electron chi connectivity index (χ1n) is 3.68. The van der Waals surface area contributed by atoms with Crippen molar-refractivity contribution in [2.75, 3.05) is 0 Å². The molecule has 0 aliphatic carbocycles. The van der Waals surface area contributed by atoms with Gasteiger partial charge in [-0.15, -0.1) is 0 Å². The molecule has 0 radical (unpaired) electrons. The summed E-state index contributed by atoms with van der Waals surface area (Å²) in [6, 6.07) is 1.67. The van der Waals surface area contributed by atoms with E-state index in [2.05, 4.69) is 4.98 Å². The number of aromatic nitrogens is 1. The number of carboxylic acid groups (broad SMARTS) is 1. The first-order chi connectivity index (χ1) is 6.22. The van der Waals surface area contributed by atoms with Gasteiger partial charge in [0.25, 0.3) is 0 Å². The third-order valence-electron chi connectivity index (χ3n) is 1.42. The van der Waals surface area contributed by atoms with Crippen molar-refractivity contribution in [3.05, 3.63) is 35.7 Å². The highest BCUT2D eigenvalue weighted by Crippen LogP contribution is 2.04. The van der Waals surface area contributed by atoms with Crippen molar-refractivity contribution < 1.29 is 15.0 Å². The summed E-state index contributed by atoms with van der Waals surface area (Å²) in [6.45, 7) is -0.0955.